The minimum absolute atomic E-state index is 0.0627. The van der Waals surface area contributed by atoms with Crippen LogP contribution in [-0.2, 0) is 5.41 Å². The SMILES string of the molecule is CC(C)(C)c1nnc(N2CCC(CF)CC2)s1. The number of anilines is 1. The van der Waals surface area contributed by atoms with Gasteiger partial charge >= 0.3 is 0 Å². The number of hydrogen-bond acceptors (Lipinski definition) is 4. The van der Waals surface area contributed by atoms with Gasteiger partial charge in [-0.05, 0) is 18.8 Å². The lowest BCUT2D eigenvalue weighted by molar-refractivity contribution is 0.307. The van der Waals surface area contributed by atoms with Crippen LogP contribution >= 0.6 is 11.3 Å². The lowest BCUT2D eigenvalue weighted by atomic mass is 9.98. The molecule has 1 saturated heterocycles. The number of piperidine rings is 1. The van der Waals surface area contributed by atoms with Crippen molar-refractivity contribution in [2.75, 3.05) is 24.7 Å². The summed E-state index contributed by atoms with van der Waals surface area (Å²) in [6, 6.07) is 0. The summed E-state index contributed by atoms with van der Waals surface area (Å²) in [5.74, 6) is 0.251. The average molecular weight is 257 g/mol. The van der Waals surface area contributed by atoms with Crippen LogP contribution < -0.4 is 4.90 Å². The van der Waals surface area contributed by atoms with Crippen molar-refractivity contribution in [1.29, 1.82) is 0 Å². The molecule has 0 aliphatic carbocycles. The number of hydrogen-bond donors (Lipinski definition) is 0. The van der Waals surface area contributed by atoms with E-state index < -0.39 is 0 Å². The van der Waals surface area contributed by atoms with E-state index in [9.17, 15) is 4.39 Å². The summed E-state index contributed by atoms with van der Waals surface area (Å²) in [4.78, 5) is 2.24. The molecule has 2 rings (SSSR count). The molecule has 3 nitrogen and oxygen atoms in total. The summed E-state index contributed by atoms with van der Waals surface area (Å²) in [6.07, 6.45) is 1.86. The second-order valence-corrected chi connectivity index (χ2v) is 6.68. The maximum Gasteiger partial charge on any atom is 0.208 e. The van der Waals surface area contributed by atoms with Gasteiger partial charge in [-0.3, -0.25) is 4.39 Å². The smallest absolute Gasteiger partial charge is 0.208 e. The van der Waals surface area contributed by atoms with E-state index in [0.717, 1.165) is 36.1 Å². The van der Waals surface area contributed by atoms with Crippen molar-refractivity contribution in [2.24, 2.45) is 5.92 Å². The Balaban J connectivity index is 2.02. The maximum atomic E-state index is 12.5. The van der Waals surface area contributed by atoms with Gasteiger partial charge in [0.05, 0.1) is 6.67 Å². The molecule has 0 atom stereocenters. The predicted molar refractivity (Wildman–Crippen MR) is 69.5 cm³/mol. The molecular formula is C12H20FN3S. The van der Waals surface area contributed by atoms with E-state index in [0.29, 0.717) is 0 Å². The van der Waals surface area contributed by atoms with Crippen LogP contribution in [0.4, 0.5) is 9.52 Å². The van der Waals surface area contributed by atoms with Gasteiger partial charge in [0.2, 0.25) is 5.13 Å². The van der Waals surface area contributed by atoms with Crippen molar-refractivity contribution < 1.29 is 4.39 Å². The Labute approximate surface area is 106 Å². The maximum absolute atomic E-state index is 12.5. The highest BCUT2D eigenvalue weighted by atomic mass is 32.1. The Hall–Kier alpha value is -0.710. The topological polar surface area (TPSA) is 29.0 Å². The van der Waals surface area contributed by atoms with Crippen LogP contribution in [0.2, 0.25) is 0 Å². The van der Waals surface area contributed by atoms with E-state index in [1.807, 2.05) is 0 Å². The van der Waals surface area contributed by atoms with Crippen molar-refractivity contribution in [3.63, 3.8) is 0 Å². The first-order valence-electron chi connectivity index (χ1n) is 6.15. The molecule has 1 aromatic heterocycles. The molecule has 0 aromatic carbocycles. The van der Waals surface area contributed by atoms with Gasteiger partial charge in [0.15, 0.2) is 0 Å². The summed E-state index contributed by atoms with van der Waals surface area (Å²) < 4.78 is 12.5. The van der Waals surface area contributed by atoms with Crippen LogP contribution in [0.1, 0.15) is 38.6 Å². The third-order valence-electron chi connectivity index (χ3n) is 3.16. The molecule has 0 unspecified atom stereocenters. The van der Waals surface area contributed by atoms with E-state index in [4.69, 9.17) is 0 Å². The van der Waals surface area contributed by atoms with Crippen LogP contribution in [0.5, 0.6) is 0 Å². The quantitative estimate of drug-likeness (QED) is 0.815. The fourth-order valence-corrected chi connectivity index (χ4v) is 2.88. The van der Waals surface area contributed by atoms with E-state index in [1.165, 1.54) is 0 Å². The second-order valence-electron chi connectivity index (χ2n) is 5.72. The third kappa shape index (κ3) is 2.94. The van der Waals surface area contributed by atoms with Gasteiger partial charge in [-0.1, -0.05) is 32.1 Å². The first kappa shape index (κ1) is 12.7. The minimum Gasteiger partial charge on any atom is -0.347 e. The Morgan fingerprint density at radius 3 is 2.41 bits per heavy atom. The molecule has 1 aliphatic heterocycles. The lowest BCUT2D eigenvalue weighted by Crippen LogP contribution is -2.34. The van der Waals surface area contributed by atoms with Gasteiger partial charge in [0, 0.05) is 18.5 Å². The largest absolute Gasteiger partial charge is 0.347 e. The molecule has 1 aliphatic rings. The normalized spacial score (nSPS) is 18.7. The van der Waals surface area contributed by atoms with Crippen molar-refractivity contribution >= 4 is 16.5 Å². The Morgan fingerprint density at radius 2 is 1.94 bits per heavy atom. The van der Waals surface area contributed by atoms with Gasteiger partial charge < -0.3 is 4.90 Å². The standard InChI is InChI=1S/C12H20FN3S/c1-12(2,3)10-14-15-11(17-10)16-6-4-9(8-13)5-7-16/h9H,4-8H2,1-3H3. The summed E-state index contributed by atoms with van der Waals surface area (Å²) in [5.41, 5.74) is 0.0627. The number of rotatable bonds is 2. The van der Waals surface area contributed by atoms with Gasteiger partial charge in [0.1, 0.15) is 5.01 Å². The molecule has 0 saturated carbocycles. The van der Waals surface area contributed by atoms with E-state index in [2.05, 4.69) is 35.9 Å². The van der Waals surface area contributed by atoms with Crippen molar-refractivity contribution in [2.45, 2.75) is 39.0 Å². The molecule has 0 bridgehead atoms. The number of alkyl halides is 1. The van der Waals surface area contributed by atoms with Crippen molar-refractivity contribution in [3.05, 3.63) is 5.01 Å². The van der Waals surface area contributed by atoms with Crippen molar-refractivity contribution in [3.8, 4) is 0 Å². The molecule has 1 fully saturated rings. The molecule has 5 heteroatoms. The summed E-state index contributed by atoms with van der Waals surface area (Å²) >= 11 is 1.67. The molecule has 17 heavy (non-hydrogen) atoms. The molecule has 2 heterocycles. The van der Waals surface area contributed by atoms with Gasteiger partial charge in [-0.25, -0.2) is 0 Å². The van der Waals surface area contributed by atoms with Crippen LogP contribution in [0.15, 0.2) is 0 Å². The van der Waals surface area contributed by atoms with E-state index in [-0.39, 0.29) is 18.0 Å². The average Bonchev–Trinajstić information content (AvgIpc) is 2.78. The first-order valence-corrected chi connectivity index (χ1v) is 6.97. The monoisotopic (exact) mass is 257 g/mol. The summed E-state index contributed by atoms with van der Waals surface area (Å²) in [5, 5.41) is 10.6. The Bertz CT molecular complexity index is 364. The van der Waals surface area contributed by atoms with Gasteiger partial charge in [0.25, 0.3) is 0 Å². The molecular weight excluding hydrogens is 237 g/mol. The third-order valence-corrected chi connectivity index (χ3v) is 4.57. The Kier molecular flexibility index (Phi) is 3.66. The van der Waals surface area contributed by atoms with E-state index >= 15 is 0 Å². The highest BCUT2D eigenvalue weighted by molar-refractivity contribution is 7.15. The van der Waals surface area contributed by atoms with Crippen LogP contribution in [-0.4, -0.2) is 30.0 Å². The van der Waals surface area contributed by atoms with Crippen LogP contribution in [0.25, 0.3) is 0 Å². The molecule has 0 radical (unpaired) electrons. The van der Waals surface area contributed by atoms with Gasteiger partial charge in [-0.2, -0.15) is 0 Å². The van der Waals surface area contributed by atoms with Crippen molar-refractivity contribution in [1.82, 2.24) is 10.2 Å². The number of halogens is 1. The molecule has 0 spiro atoms. The summed E-state index contributed by atoms with van der Waals surface area (Å²) in [7, 11) is 0. The fourth-order valence-electron chi connectivity index (χ4n) is 1.92. The van der Waals surface area contributed by atoms with E-state index in [1.54, 1.807) is 11.3 Å². The minimum atomic E-state index is -0.183. The Morgan fingerprint density at radius 1 is 1.29 bits per heavy atom. The number of aromatic nitrogens is 2. The highest BCUT2D eigenvalue weighted by Gasteiger charge is 2.24. The van der Waals surface area contributed by atoms with Gasteiger partial charge in [-0.15, -0.1) is 10.2 Å². The predicted octanol–water partition coefficient (Wildman–Crippen LogP) is 3.02. The molecule has 0 amide bonds. The highest BCUT2D eigenvalue weighted by Crippen LogP contribution is 2.31. The second kappa shape index (κ2) is 4.88. The zero-order valence-corrected chi connectivity index (χ0v) is 11.6. The molecule has 0 N–H and O–H groups in total. The zero-order chi connectivity index (χ0) is 12.5. The summed E-state index contributed by atoms with van der Waals surface area (Å²) in [6.45, 7) is 8.07. The molecule has 96 valence electrons. The lowest BCUT2D eigenvalue weighted by Gasteiger charge is -2.30. The first-order chi connectivity index (χ1) is 8.00. The van der Waals surface area contributed by atoms with Crippen LogP contribution in [0.3, 0.4) is 0 Å². The molecule has 1 aromatic rings. The fraction of sp³-hybridized carbons (Fsp3) is 0.833. The zero-order valence-electron chi connectivity index (χ0n) is 10.7. The van der Waals surface area contributed by atoms with Crippen LogP contribution in [0, 0.1) is 5.92 Å². The number of nitrogens with zero attached hydrogens (tertiary/aromatic N) is 3.